The fourth-order valence-electron chi connectivity index (χ4n) is 2.94. The zero-order valence-electron chi connectivity index (χ0n) is 14.9. The molecule has 0 aliphatic carbocycles. The van der Waals surface area contributed by atoms with Gasteiger partial charge in [0.2, 0.25) is 0 Å². The van der Waals surface area contributed by atoms with Crippen molar-refractivity contribution < 1.29 is 8.42 Å². The third-order valence-electron chi connectivity index (χ3n) is 4.33. The lowest BCUT2D eigenvalue weighted by Gasteiger charge is -2.03. The van der Waals surface area contributed by atoms with Gasteiger partial charge in [-0.1, -0.05) is 12.1 Å². The average Bonchev–Trinajstić information content (AvgIpc) is 3.14. The van der Waals surface area contributed by atoms with E-state index < -0.39 is 9.84 Å². The van der Waals surface area contributed by atoms with Crippen LogP contribution in [0.15, 0.2) is 78.0 Å². The van der Waals surface area contributed by atoms with E-state index in [1.54, 1.807) is 36.7 Å². The van der Waals surface area contributed by atoms with Gasteiger partial charge in [-0.2, -0.15) is 0 Å². The highest BCUT2D eigenvalue weighted by Gasteiger charge is 2.16. The fourth-order valence-corrected chi connectivity index (χ4v) is 4.12. The highest BCUT2D eigenvalue weighted by molar-refractivity contribution is 14.1. The largest absolute Gasteiger partial charge is 0.337 e. The van der Waals surface area contributed by atoms with E-state index in [9.17, 15) is 8.42 Å². The zero-order chi connectivity index (χ0) is 19.7. The molecule has 0 saturated carbocycles. The number of benzene rings is 2. The van der Waals surface area contributed by atoms with Crippen LogP contribution in [0.2, 0.25) is 0 Å². The van der Waals surface area contributed by atoms with Crippen molar-refractivity contribution in [2.45, 2.75) is 4.90 Å². The summed E-state index contributed by atoms with van der Waals surface area (Å²) >= 11 is 2.28. The minimum atomic E-state index is -3.23. The van der Waals surface area contributed by atoms with Gasteiger partial charge in [0.05, 0.1) is 16.3 Å². The first-order valence-corrected chi connectivity index (χ1v) is 11.5. The normalized spacial score (nSPS) is 11.5. The first-order valence-electron chi connectivity index (χ1n) is 8.49. The summed E-state index contributed by atoms with van der Waals surface area (Å²) in [5, 5.41) is 0. The lowest BCUT2D eigenvalue weighted by atomic mass is 10.1. The molecule has 2 heterocycles. The Morgan fingerprint density at radius 1 is 0.893 bits per heavy atom. The van der Waals surface area contributed by atoms with Gasteiger partial charge in [0.25, 0.3) is 0 Å². The maximum absolute atomic E-state index is 11.7. The van der Waals surface area contributed by atoms with Crippen molar-refractivity contribution in [2.75, 3.05) is 6.26 Å². The van der Waals surface area contributed by atoms with Crippen LogP contribution in [0.4, 0.5) is 0 Å². The molecule has 2 aromatic heterocycles. The fraction of sp³-hybridized carbons (Fsp3) is 0.0476. The number of pyridine rings is 1. The monoisotopic (exact) mass is 501 g/mol. The number of hydrogen-bond acceptors (Lipinski definition) is 4. The molecule has 0 aliphatic heterocycles. The first-order chi connectivity index (χ1) is 13.4. The summed E-state index contributed by atoms with van der Waals surface area (Å²) in [5.41, 5.74) is 4.54. The van der Waals surface area contributed by atoms with Crippen molar-refractivity contribution in [3.63, 3.8) is 0 Å². The molecule has 0 spiro atoms. The van der Waals surface area contributed by atoms with E-state index in [-0.39, 0.29) is 4.90 Å². The number of aromatic amines is 1. The van der Waals surface area contributed by atoms with Gasteiger partial charge in [0, 0.05) is 38.9 Å². The lowest BCUT2D eigenvalue weighted by Crippen LogP contribution is -1.96. The van der Waals surface area contributed by atoms with Gasteiger partial charge >= 0.3 is 0 Å². The Balaban J connectivity index is 1.86. The van der Waals surface area contributed by atoms with Gasteiger partial charge in [-0.3, -0.25) is 4.98 Å². The standard InChI is InChI=1S/C21H16IN3O2S/c1-28(26,27)18-7-5-15(6-8-18)21-24-19(14-9-11-23-12-10-14)20(25-21)16-3-2-4-17(22)13-16/h2-13H,1H3,(H,24,25). The Morgan fingerprint density at radius 2 is 1.61 bits per heavy atom. The average molecular weight is 501 g/mol. The molecule has 7 heteroatoms. The molecule has 5 nitrogen and oxygen atoms in total. The summed E-state index contributed by atoms with van der Waals surface area (Å²) < 4.78 is 24.5. The Labute approximate surface area is 177 Å². The summed E-state index contributed by atoms with van der Waals surface area (Å²) in [6.07, 6.45) is 4.69. The number of nitrogens with zero attached hydrogens (tertiary/aromatic N) is 2. The molecule has 4 aromatic rings. The molecule has 4 rings (SSSR count). The van der Waals surface area contributed by atoms with Gasteiger partial charge in [-0.05, 0) is 71.1 Å². The van der Waals surface area contributed by atoms with E-state index in [1.807, 2.05) is 30.3 Å². The molecule has 0 atom stereocenters. The molecule has 28 heavy (non-hydrogen) atoms. The second-order valence-corrected chi connectivity index (χ2v) is 9.61. The Bertz CT molecular complexity index is 1230. The number of H-pyrrole nitrogens is 1. The molecule has 0 fully saturated rings. The number of imidazole rings is 1. The molecule has 0 aliphatic rings. The summed E-state index contributed by atoms with van der Waals surface area (Å²) in [4.78, 5) is 12.6. The van der Waals surface area contributed by atoms with Crippen LogP contribution >= 0.6 is 22.6 Å². The van der Waals surface area contributed by atoms with Gasteiger partial charge in [0.15, 0.2) is 9.84 Å². The van der Waals surface area contributed by atoms with Crippen molar-refractivity contribution in [1.29, 1.82) is 0 Å². The van der Waals surface area contributed by atoms with Crippen LogP contribution in [-0.2, 0) is 9.84 Å². The second-order valence-electron chi connectivity index (χ2n) is 6.35. The number of nitrogens with one attached hydrogen (secondary N) is 1. The first kappa shape index (κ1) is 18.8. The van der Waals surface area contributed by atoms with Crippen LogP contribution in [0.3, 0.4) is 0 Å². The molecule has 0 bridgehead atoms. The maximum atomic E-state index is 11.7. The third kappa shape index (κ3) is 3.85. The van der Waals surface area contributed by atoms with Crippen molar-refractivity contribution in [3.8, 4) is 33.9 Å². The summed E-state index contributed by atoms with van der Waals surface area (Å²) in [6, 6.07) is 18.7. The molecule has 0 unspecified atom stereocenters. The Hall–Kier alpha value is -2.52. The van der Waals surface area contributed by atoms with E-state index in [0.29, 0.717) is 5.82 Å². The number of halogens is 1. The number of rotatable bonds is 4. The van der Waals surface area contributed by atoms with Crippen LogP contribution in [0.5, 0.6) is 0 Å². The van der Waals surface area contributed by atoms with Crippen LogP contribution in [0.25, 0.3) is 33.9 Å². The second kappa shape index (κ2) is 7.48. The molecule has 2 aromatic carbocycles. The predicted molar refractivity (Wildman–Crippen MR) is 119 cm³/mol. The molecule has 0 saturated heterocycles. The van der Waals surface area contributed by atoms with Crippen molar-refractivity contribution in [2.24, 2.45) is 0 Å². The van der Waals surface area contributed by atoms with Crippen LogP contribution in [-0.4, -0.2) is 29.6 Å². The van der Waals surface area contributed by atoms with Crippen molar-refractivity contribution in [3.05, 3.63) is 76.6 Å². The van der Waals surface area contributed by atoms with E-state index >= 15 is 0 Å². The summed E-state index contributed by atoms with van der Waals surface area (Å²) in [7, 11) is -3.23. The number of sulfone groups is 1. The topological polar surface area (TPSA) is 75.7 Å². The smallest absolute Gasteiger partial charge is 0.175 e. The van der Waals surface area contributed by atoms with Gasteiger partial charge in [-0.15, -0.1) is 0 Å². The van der Waals surface area contributed by atoms with Gasteiger partial charge < -0.3 is 4.98 Å². The third-order valence-corrected chi connectivity index (χ3v) is 6.13. The Morgan fingerprint density at radius 3 is 2.25 bits per heavy atom. The molecular weight excluding hydrogens is 485 g/mol. The molecular formula is C21H16IN3O2S. The zero-order valence-corrected chi connectivity index (χ0v) is 17.9. The van der Waals surface area contributed by atoms with Crippen LogP contribution < -0.4 is 0 Å². The van der Waals surface area contributed by atoms with Crippen LogP contribution in [0, 0.1) is 3.57 Å². The predicted octanol–water partition coefficient (Wildman–Crippen LogP) is 4.81. The molecule has 0 amide bonds. The van der Waals surface area contributed by atoms with E-state index in [2.05, 4.69) is 38.6 Å². The van der Waals surface area contributed by atoms with Crippen molar-refractivity contribution in [1.82, 2.24) is 15.0 Å². The van der Waals surface area contributed by atoms with E-state index in [0.717, 1.165) is 31.6 Å². The maximum Gasteiger partial charge on any atom is 0.175 e. The van der Waals surface area contributed by atoms with Crippen LogP contribution in [0.1, 0.15) is 0 Å². The Kier molecular flexibility index (Phi) is 5.03. The number of aromatic nitrogens is 3. The van der Waals surface area contributed by atoms with Gasteiger partial charge in [-0.25, -0.2) is 13.4 Å². The van der Waals surface area contributed by atoms with E-state index in [4.69, 9.17) is 4.98 Å². The number of hydrogen-bond donors (Lipinski definition) is 1. The summed E-state index contributed by atoms with van der Waals surface area (Å²) in [6.45, 7) is 0. The molecule has 0 radical (unpaired) electrons. The quantitative estimate of drug-likeness (QED) is 0.407. The molecule has 1 N–H and O–H groups in total. The SMILES string of the molecule is CS(=O)(=O)c1ccc(-c2nc(-c3cccc(I)c3)c(-c3ccncc3)[nH]2)cc1. The highest BCUT2D eigenvalue weighted by atomic mass is 127. The minimum Gasteiger partial charge on any atom is -0.337 e. The van der Waals surface area contributed by atoms with E-state index in [1.165, 1.54) is 6.26 Å². The summed E-state index contributed by atoms with van der Waals surface area (Å²) in [5.74, 6) is 0.681. The lowest BCUT2D eigenvalue weighted by molar-refractivity contribution is 0.602. The van der Waals surface area contributed by atoms with Gasteiger partial charge in [0.1, 0.15) is 5.82 Å². The molecule has 140 valence electrons. The highest BCUT2D eigenvalue weighted by Crippen LogP contribution is 2.33. The minimum absolute atomic E-state index is 0.287. The van der Waals surface area contributed by atoms with Crippen molar-refractivity contribution >= 4 is 32.4 Å².